The van der Waals surface area contributed by atoms with Crippen LogP contribution in [0.15, 0.2) is 60.9 Å². The van der Waals surface area contributed by atoms with E-state index in [1.807, 2.05) is 12.1 Å². The first-order chi connectivity index (χ1) is 13.4. The van der Waals surface area contributed by atoms with Crippen LogP contribution in [0.1, 0.15) is 5.56 Å². The van der Waals surface area contributed by atoms with Crippen LogP contribution in [0.2, 0.25) is 0 Å². The van der Waals surface area contributed by atoms with Crippen molar-refractivity contribution in [2.24, 2.45) is 0 Å². The third-order valence-corrected chi connectivity index (χ3v) is 4.65. The highest BCUT2D eigenvalue weighted by atomic mass is 19.4. The number of rotatable bonds is 2. The Morgan fingerprint density at radius 3 is 2.64 bits per heavy atom. The second-order valence-electron chi connectivity index (χ2n) is 6.34. The van der Waals surface area contributed by atoms with Crippen LogP contribution in [0, 0.1) is 11.3 Å². The van der Waals surface area contributed by atoms with Crippen LogP contribution in [0.5, 0.6) is 0 Å². The van der Waals surface area contributed by atoms with Gasteiger partial charge in [0.15, 0.2) is 0 Å². The Morgan fingerprint density at radius 1 is 1.11 bits per heavy atom. The first kappa shape index (κ1) is 17.8. The van der Waals surface area contributed by atoms with E-state index in [9.17, 15) is 23.2 Å². The lowest BCUT2D eigenvalue weighted by Crippen LogP contribution is -2.34. The molecular formula is C20H13F3N4O. The molecule has 0 aliphatic carbocycles. The third kappa shape index (κ3) is 2.91. The van der Waals surface area contributed by atoms with Crippen LogP contribution in [0.4, 0.5) is 29.3 Å². The monoisotopic (exact) mass is 382 g/mol. The first-order valence-corrected chi connectivity index (χ1v) is 8.40. The van der Waals surface area contributed by atoms with Crippen molar-refractivity contribution >= 4 is 28.2 Å². The Labute approximate surface area is 158 Å². The molecule has 2 heterocycles. The summed E-state index contributed by atoms with van der Waals surface area (Å²) in [5.41, 5.74) is -0.309. The van der Waals surface area contributed by atoms with Crippen molar-refractivity contribution in [1.82, 2.24) is 4.98 Å². The zero-order valence-electron chi connectivity index (χ0n) is 14.4. The molecule has 0 spiro atoms. The smallest absolute Gasteiger partial charge is 0.291 e. The van der Waals surface area contributed by atoms with Gasteiger partial charge in [-0.2, -0.15) is 18.4 Å². The lowest BCUT2D eigenvalue weighted by molar-refractivity contribution is -0.137. The van der Waals surface area contributed by atoms with Gasteiger partial charge in [0, 0.05) is 22.7 Å². The van der Waals surface area contributed by atoms with Crippen LogP contribution < -0.4 is 9.80 Å². The molecule has 1 fully saturated rings. The van der Waals surface area contributed by atoms with Crippen LogP contribution in [0.25, 0.3) is 10.8 Å². The maximum atomic E-state index is 13.1. The highest BCUT2D eigenvalue weighted by Gasteiger charge is 2.41. The predicted octanol–water partition coefficient (Wildman–Crippen LogP) is 4.59. The Kier molecular flexibility index (Phi) is 4.15. The van der Waals surface area contributed by atoms with Gasteiger partial charge >= 0.3 is 12.2 Å². The summed E-state index contributed by atoms with van der Waals surface area (Å²) in [6.45, 7) is -0.0418. The lowest BCUT2D eigenvalue weighted by atomic mass is 10.1. The van der Waals surface area contributed by atoms with Crippen LogP contribution in [-0.4, -0.2) is 23.6 Å². The molecule has 0 unspecified atom stereocenters. The number of anilines is 2. The van der Waals surface area contributed by atoms with E-state index < -0.39 is 23.8 Å². The van der Waals surface area contributed by atoms with Crippen molar-refractivity contribution in [1.29, 1.82) is 5.26 Å². The van der Waals surface area contributed by atoms with Crippen molar-refractivity contribution in [2.45, 2.75) is 12.2 Å². The van der Waals surface area contributed by atoms with Gasteiger partial charge in [0.25, 0.3) is 0 Å². The Morgan fingerprint density at radius 2 is 1.89 bits per heavy atom. The molecule has 8 heteroatoms. The van der Waals surface area contributed by atoms with Crippen molar-refractivity contribution in [3.05, 3.63) is 66.5 Å². The zero-order valence-corrected chi connectivity index (χ0v) is 14.4. The average Bonchev–Trinajstić information content (AvgIpc) is 3.03. The van der Waals surface area contributed by atoms with E-state index in [0.29, 0.717) is 5.69 Å². The normalized spacial score (nSPS) is 17.2. The summed E-state index contributed by atoms with van der Waals surface area (Å²) in [5, 5.41) is 11.1. The SMILES string of the molecule is N#C[C@@H]1CN(c2cccc(C(F)(F)F)c2)C(=O)N1c1cncc2ccccc12. The number of urea groups is 1. The second kappa shape index (κ2) is 6.53. The molecule has 1 aliphatic rings. The molecule has 0 N–H and O–H groups in total. The van der Waals surface area contributed by atoms with Gasteiger partial charge in [0.1, 0.15) is 6.04 Å². The van der Waals surface area contributed by atoms with E-state index in [0.717, 1.165) is 22.9 Å². The zero-order chi connectivity index (χ0) is 19.9. The van der Waals surface area contributed by atoms with Gasteiger partial charge in [-0.15, -0.1) is 0 Å². The van der Waals surface area contributed by atoms with E-state index in [1.165, 1.54) is 28.1 Å². The van der Waals surface area contributed by atoms with Gasteiger partial charge in [-0.25, -0.2) is 4.79 Å². The lowest BCUT2D eigenvalue weighted by Gasteiger charge is -2.21. The number of halogens is 3. The summed E-state index contributed by atoms with van der Waals surface area (Å²) >= 11 is 0. The van der Waals surface area contributed by atoms with Crippen LogP contribution in [-0.2, 0) is 6.18 Å². The molecule has 5 nitrogen and oxygen atoms in total. The fraction of sp³-hybridized carbons (Fsp3) is 0.150. The van der Waals surface area contributed by atoms with E-state index in [2.05, 4.69) is 11.1 Å². The number of hydrogen-bond donors (Lipinski definition) is 0. The maximum absolute atomic E-state index is 13.1. The molecule has 2 aromatic carbocycles. The molecule has 0 bridgehead atoms. The maximum Gasteiger partial charge on any atom is 0.416 e. The van der Waals surface area contributed by atoms with Crippen molar-refractivity contribution in [3.63, 3.8) is 0 Å². The topological polar surface area (TPSA) is 60.2 Å². The first-order valence-electron chi connectivity index (χ1n) is 8.40. The van der Waals surface area contributed by atoms with Gasteiger partial charge in [0.2, 0.25) is 0 Å². The van der Waals surface area contributed by atoms with Gasteiger partial charge in [-0.05, 0) is 18.2 Å². The number of pyridine rings is 1. The summed E-state index contributed by atoms with van der Waals surface area (Å²) in [7, 11) is 0. The molecular weight excluding hydrogens is 369 g/mol. The van der Waals surface area contributed by atoms with Crippen LogP contribution >= 0.6 is 0 Å². The highest BCUT2D eigenvalue weighted by molar-refractivity contribution is 6.11. The number of carbonyl (C=O) groups is 1. The number of alkyl halides is 3. The van der Waals surface area contributed by atoms with E-state index >= 15 is 0 Å². The van der Waals surface area contributed by atoms with Gasteiger partial charge in [-0.1, -0.05) is 30.3 Å². The number of carbonyl (C=O) groups excluding carboxylic acids is 1. The quantitative estimate of drug-likeness (QED) is 0.651. The third-order valence-electron chi connectivity index (χ3n) is 4.65. The Balaban J connectivity index is 1.78. The summed E-state index contributed by atoms with van der Waals surface area (Å²) in [4.78, 5) is 19.7. The number of amides is 2. The molecule has 1 saturated heterocycles. The van der Waals surface area contributed by atoms with E-state index in [4.69, 9.17) is 0 Å². The molecule has 4 rings (SSSR count). The van der Waals surface area contributed by atoms with Crippen molar-refractivity contribution < 1.29 is 18.0 Å². The van der Waals surface area contributed by atoms with E-state index in [1.54, 1.807) is 18.3 Å². The van der Waals surface area contributed by atoms with Gasteiger partial charge in [0.05, 0.1) is 30.1 Å². The molecule has 1 atom stereocenters. The summed E-state index contributed by atoms with van der Waals surface area (Å²) in [6.07, 6.45) is -1.39. The Hall–Kier alpha value is -3.60. The number of fused-ring (bicyclic) bond motifs is 1. The summed E-state index contributed by atoms with van der Waals surface area (Å²) < 4.78 is 39.1. The molecule has 1 aromatic heterocycles. The standard InChI is InChI=1S/C20H13F3N4O/c21-20(22,23)14-5-3-6-15(8-14)26-12-16(9-24)27(19(26)28)18-11-25-10-13-4-1-2-7-17(13)18/h1-8,10-11,16H,12H2/t16-/m1/s1. The fourth-order valence-corrected chi connectivity index (χ4v) is 3.32. The molecule has 28 heavy (non-hydrogen) atoms. The van der Waals surface area contributed by atoms with Gasteiger partial charge in [-0.3, -0.25) is 14.8 Å². The minimum atomic E-state index is -4.52. The minimum absolute atomic E-state index is 0.0418. The minimum Gasteiger partial charge on any atom is -0.291 e. The van der Waals surface area contributed by atoms with Crippen LogP contribution in [0.3, 0.4) is 0 Å². The summed E-state index contributed by atoms with van der Waals surface area (Å²) in [5.74, 6) is 0. The number of benzene rings is 2. The Bertz CT molecular complexity index is 1100. The molecule has 2 amide bonds. The molecule has 140 valence electrons. The molecule has 0 radical (unpaired) electrons. The summed E-state index contributed by atoms with van der Waals surface area (Å²) in [6, 6.07) is 12.4. The number of nitriles is 1. The van der Waals surface area contributed by atoms with Crippen molar-refractivity contribution in [2.75, 3.05) is 16.3 Å². The molecule has 1 aliphatic heterocycles. The highest BCUT2D eigenvalue weighted by Crippen LogP contribution is 2.35. The average molecular weight is 382 g/mol. The number of nitrogens with zero attached hydrogens (tertiary/aromatic N) is 4. The number of hydrogen-bond acceptors (Lipinski definition) is 3. The van der Waals surface area contributed by atoms with E-state index in [-0.39, 0.29) is 12.2 Å². The fourth-order valence-electron chi connectivity index (χ4n) is 3.32. The molecule has 0 saturated carbocycles. The van der Waals surface area contributed by atoms with Crippen molar-refractivity contribution in [3.8, 4) is 6.07 Å². The molecule has 3 aromatic rings. The largest absolute Gasteiger partial charge is 0.416 e. The number of aromatic nitrogens is 1. The predicted molar refractivity (Wildman–Crippen MR) is 97.8 cm³/mol. The van der Waals surface area contributed by atoms with Gasteiger partial charge < -0.3 is 0 Å². The second-order valence-corrected chi connectivity index (χ2v) is 6.34.